The van der Waals surface area contributed by atoms with Crippen molar-refractivity contribution in [2.45, 2.75) is 49.7 Å². The van der Waals surface area contributed by atoms with E-state index in [1.54, 1.807) is 18.2 Å². The number of nitrogens with one attached hydrogen (secondary N) is 1. The fraction of sp³-hybridized carbons (Fsp3) is 0.550. The molecule has 1 N–H and O–H groups in total. The van der Waals surface area contributed by atoms with E-state index in [1.165, 1.54) is 10.4 Å². The lowest BCUT2D eigenvalue weighted by Crippen LogP contribution is -2.59. The van der Waals surface area contributed by atoms with E-state index >= 15 is 0 Å². The molecule has 3 rings (SSSR count). The predicted molar refractivity (Wildman–Crippen MR) is 115 cm³/mol. The minimum Gasteiger partial charge on any atom is -0.319 e. The molecule has 0 bridgehead atoms. The predicted octanol–water partition coefficient (Wildman–Crippen LogP) is 3.51. The second-order valence-electron chi connectivity index (χ2n) is 8.05. The Kier molecular flexibility index (Phi) is 6.65. The largest absolute Gasteiger partial charge is 0.319 e. The van der Waals surface area contributed by atoms with Crippen LogP contribution in [0.2, 0.25) is 10.0 Å². The molecule has 1 amide bonds. The zero-order valence-corrected chi connectivity index (χ0v) is 19.0. The Hall–Kier alpha value is -1.12. The Labute approximate surface area is 182 Å². The fourth-order valence-electron chi connectivity index (χ4n) is 4.22. The van der Waals surface area contributed by atoms with Gasteiger partial charge in [-0.1, -0.05) is 49.2 Å². The van der Waals surface area contributed by atoms with Crippen molar-refractivity contribution in [3.05, 3.63) is 40.9 Å². The lowest BCUT2D eigenvalue weighted by molar-refractivity contribution is -0.132. The average molecular weight is 460 g/mol. The van der Waals surface area contributed by atoms with E-state index in [-0.39, 0.29) is 40.0 Å². The minimum atomic E-state index is -3.77. The molecule has 0 saturated carbocycles. The Morgan fingerprint density at radius 1 is 1.31 bits per heavy atom. The highest BCUT2D eigenvalue weighted by atomic mass is 35.5. The first-order chi connectivity index (χ1) is 13.6. The van der Waals surface area contributed by atoms with Gasteiger partial charge in [0.1, 0.15) is 4.90 Å². The van der Waals surface area contributed by atoms with Crippen molar-refractivity contribution in [2.24, 2.45) is 5.92 Å². The molecule has 1 spiro atoms. The van der Waals surface area contributed by atoms with Crippen molar-refractivity contribution >= 4 is 39.1 Å². The van der Waals surface area contributed by atoms with Crippen LogP contribution in [0.3, 0.4) is 0 Å². The molecular weight excluding hydrogens is 433 g/mol. The second-order valence-corrected chi connectivity index (χ2v) is 10.7. The summed E-state index contributed by atoms with van der Waals surface area (Å²) in [4.78, 5) is 14.8. The Bertz CT molecular complexity index is 896. The van der Waals surface area contributed by atoms with Crippen molar-refractivity contribution in [2.75, 3.05) is 19.6 Å². The smallest absolute Gasteiger partial charge is 0.244 e. The van der Waals surface area contributed by atoms with E-state index in [1.807, 2.05) is 4.90 Å². The number of rotatable bonds is 6. The van der Waals surface area contributed by atoms with Crippen LogP contribution in [0.4, 0.5) is 0 Å². The molecule has 0 aromatic heterocycles. The van der Waals surface area contributed by atoms with Gasteiger partial charge < -0.3 is 4.90 Å². The zero-order valence-electron chi connectivity index (χ0n) is 16.7. The van der Waals surface area contributed by atoms with Crippen molar-refractivity contribution in [1.82, 2.24) is 14.5 Å². The number of carbonyl (C=O) groups is 1. The number of hydrogen-bond acceptors (Lipinski definition) is 4. The maximum atomic E-state index is 13.1. The summed E-state index contributed by atoms with van der Waals surface area (Å²) < 4.78 is 27.6. The molecule has 2 aliphatic heterocycles. The van der Waals surface area contributed by atoms with Gasteiger partial charge in [0, 0.05) is 19.6 Å². The molecule has 2 heterocycles. The third kappa shape index (κ3) is 4.21. The molecule has 160 valence electrons. The molecule has 1 aromatic carbocycles. The highest BCUT2D eigenvalue weighted by Gasteiger charge is 2.52. The van der Waals surface area contributed by atoms with Gasteiger partial charge in [-0.2, -0.15) is 4.31 Å². The highest BCUT2D eigenvalue weighted by molar-refractivity contribution is 7.89. The molecule has 0 aliphatic carbocycles. The van der Waals surface area contributed by atoms with Gasteiger partial charge in [0.25, 0.3) is 0 Å². The van der Waals surface area contributed by atoms with Crippen LogP contribution in [0, 0.1) is 5.92 Å². The normalized spacial score (nSPS) is 22.6. The lowest BCUT2D eigenvalue weighted by Gasteiger charge is -2.44. The topological polar surface area (TPSA) is 69.7 Å². The van der Waals surface area contributed by atoms with E-state index in [4.69, 9.17) is 23.2 Å². The number of amides is 1. The molecular formula is C20H27Cl2N3O3S. The number of benzene rings is 1. The Morgan fingerprint density at radius 2 is 1.97 bits per heavy atom. The summed E-state index contributed by atoms with van der Waals surface area (Å²) in [7, 11) is -3.77. The number of sulfonamides is 1. The van der Waals surface area contributed by atoms with Crippen LogP contribution in [-0.4, -0.2) is 54.9 Å². The molecule has 1 unspecified atom stereocenters. The number of hydrogen-bond donors (Lipinski definition) is 1. The van der Waals surface area contributed by atoms with E-state index in [0.717, 1.165) is 6.42 Å². The summed E-state index contributed by atoms with van der Waals surface area (Å²) in [6, 6.07) is 4.35. The van der Waals surface area contributed by atoms with Crippen LogP contribution in [0.1, 0.15) is 33.1 Å². The summed E-state index contributed by atoms with van der Waals surface area (Å²) in [6.07, 6.45) is 3.46. The maximum absolute atomic E-state index is 13.1. The minimum absolute atomic E-state index is 0.0127. The quantitative estimate of drug-likeness (QED) is 0.660. The zero-order chi connectivity index (χ0) is 21.4. The van der Waals surface area contributed by atoms with Crippen molar-refractivity contribution in [1.29, 1.82) is 0 Å². The third-order valence-electron chi connectivity index (χ3n) is 5.63. The highest BCUT2D eigenvalue weighted by Crippen LogP contribution is 2.37. The van der Waals surface area contributed by atoms with E-state index in [2.05, 4.69) is 25.7 Å². The monoisotopic (exact) mass is 459 g/mol. The van der Waals surface area contributed by atoms with Crippen molar-refractivity contribution < 1.29 is 13.2 Å². The first-order valence-corrected chi connectivity index (χ1v) is 12.0. The van der Waals surface area contributed by atoms with Gasteiger partial charge in [-0.25, -0.2) is 8.42 Å². The molecule has 2 aliphatic rings. The van der Waals surface area contributed by atoms with Gasteiger partial charge in [0.05, 0.1) is 21.7 Å². The van der Waals surface area contributed by atoms with Crippen LogP contribution in [0.5, 0.6) is 0 Å². The van der Waals surface area contributed by atoms with Gasteiger partial charge in [-0.05, 0) is 37.3 Å². The maximum Gasteiger partial charge on any atom is 0.244 e. The molecule has 29 heavy (non-hydrogen) atoms. The van der Waals surface area contributed by atoms with E-state index in [0.29, 0.717) is 25.3 Å². The number of carbonyl (C=O) groups excluding carboxylic acids is 1. The lowest BCUT2D eigenvalue weighted by atomic mass is 9.97. The van der Waals surface area contributed by atoms with Gasteiger partial charge in [-0.15, -0.1) is 6.58 Å². The van der Waals surface area contributed by atoms with Gasteiger partial charge >= 0.3 is 0 Å². The molecule has 1 atom stereocenters. The number of piperidine rings is 1. The Morgan fingerprint density at radius 3 is 2.55 bits per heavy atom. The van der Waals surface area contributed by atoms with Crippen LogP contribution >= 0.6 is 23.2 Å². The van der Waals surface area contributed by atoms with Gasteiger partial charge in [-0.3, -0.25) is 10.1 Å². The van der Waals surface area contributed by atoms with Crippen LogP contribution in [0.15, 0.2) is 35.7 Å². The van der Waals surface area contributed by atoms with Gasteiger partial charge in [0.2, 0.25) is 15.9 Å². The summed E-state index contributed by atoms with van der Waals surface area (Å²) in [5.74, 6) is 0.440. The number of halogens is 2. The van der Waals surface area contributed by atoms with Crippen molar-refractivity contribution in [3.63, 3.8) is 0 Å². The molecule has 2 saturated heterocycles. The summed E-state index contributed by atoms with van der Waals surface area (Å²) in [5.41, 5.74) is -0.547. The fourth-order valence-corrected chi connectivity index (χ4v) is 6.40. The first-order valence-electron chi connectivity index (χ1n) is 9.76. The summed E-state index contributed by atoms with van der Waals surface area (Å²) >= 11 is 12.2. The number of nitrogens with zero attached hydrogens (tertiary/aromatic N) is 2. The first kappa shape index (κ1) is 22.6. The van der Waals surface area contributed by atoms with E-state index in [9.17, 15) is 13.2 Å². The van der Waals surface area contributed by atoms with Crippen LogP contribution < -0.4 is 5.32 Å². The van der Waals surface area contributed by atoms with Crippen molar-refractivity contribution in [3.8, 4) is 0 Å². The molecule has 2 fully saturated rings. The van der Waals surface area contributed by atoms with Gasteiger partial charge in [0.15, 0.2) is 0 Å². The molecule has 9 heteroatoms. The third-order valence-corrected chi connectivity index (χ3v) is 8.50. The summed E-state index contributed by atoms with van der Waals surface area (Å²) in [6.45, 7) is 8.96. The molecule has 0 radical (unpaired) electrons. The van der Waals surface area contributed by atoms with Crippen LogP contribution in [-0.2, 0) is 14.8 Å². The molecule has 1 aromatic rings. The summed E-state index contributed by atoms with van der Waals surface area (Å²) in [5, 5.41) is 3.76. The second kappa shape index (κ2) is 8.55. The van der Waals surface area contributed by atoms with Crippen LogP contribution in [0.25, 0.3) is 0 Å². The average Bonchev–Trinajstić information content (AvgIpc) is 2.89. The SMILES string of the molecule is C=CCN1C(=O)C(CC(C)C)NC12CCN(S(=O)(=O)c1cccc(Cl)c1Cl)CC2. The Balaban J connectivity index is 1.81. The standard InChI is InChI=1S/C20H27Cl2N3O3S/c1-4-10-25-19(26)16(13-14(2)3)23-20(25)8-11-24(12-9-20)29(27,28)17-7-5-6-15(21)18(17)22/h4-7,14,16,23H,1,8-13H2,2-3H3. The molecule has 6 nitrogen and oxygen atoms in total. The van der Waals surface area contributed by atoms with E-state index < -0.39 is 15.7 Å².